The molecule has 0 aliphatic carbocycles. The molecule has 0 aliphatic rings. The van der Waals surface area contributed by atoms with Crippen molar-refractivity contribution in [1.82, 2.24) is 14.9 Å². The molecule has 0 radical (unpaired) electrons. The van der Waals surface area contributed by atoms with Gasteiger partial charge in [0.05, 0.1) is 43.0 Å². The minimum Gasteiger partial charge on any atom is -0.497 e. The Morgan fingerprint density at radius 1 is 1.06 bits per heavy atom. The van der Waals surface area contributed by atoms with Gasteiger partial charge in [-0.05, 0) is 42.5 Å². The highest BCUT2D eigenvalue weighted by Gasteiger charge is 2.19. The number of sulfonamides is 1. The molecule has 4 aromatic rings. The summed E-state index contributed by atoms with van der Waals surface area (Å²) in [4.78, 5) is 16.6. The fraction of sp³-hybridized carbons (Fsp3) is 0.174. The van der Waals surface area contributed by atoms with Crippen molar-refractivity contribution < 1.29 is 36.4 Å². The molecule has 0 saturated heterocycles. The number of esters is 1. The van der Waals surface area contributed by atoms with Gasteiger partial charge in [0, 0.05) is 6.07 Å². The normalized spacial score (nSPS) is 11.3. The lowest BCUT2D eigenvalue weighted by Gasteiger charge is -2.07. The highest BCUT2D eigenvalue weighted by atomic mass is 32.2. The van der Waals surface area contributed by atoms with Gasteiger partial charge in [0.25, 0.3) is 5.89 Å². The van der Waals surface area contributed by atoms with Crippen molar-refractivity contribution in [3.05, 3.63) is 78.1 Å². The van der Waals surface area contributed by atoms with Crippen molar-refractivity contribution in [3.8, 4) is 22.9 Å². The highest BCUT2D eigenvalue weighted by molar-refractivity contribution is 7.89. The fourth-order valence-electron chi connectivity index (χ4n) is 3.07. The van der Waals surface area contributed by atoms with Crippen LogP contribution in [0.15, 0.2) is 74.7 Å². The van der Waals surface area contributed by atoms with Crippen LogP contribution >= 0.6 is 0 Å². The Morgan fingerprint density at radius 2 is 1.91 bits per heavy atom. The van der Waals surface area contributed by atoms with E-state index in [0.717, 1.165) is 0 Å². The Balaban J connectivity index is 1.41. The summed E-state index contributed by atoms with van der Waals surface area (Å²) in [6.07, 6.45) is 1.44. The maximum Gasteiger partial charge on any atom is 0.338 e. The van der Waals surface area contributed by atoms with Crippen LogP contribution in [-0.2, 0) is 27.9 Å². The van der Waals surface area contributed by atoms with Crippen LogP contribution in [0.2, 0.25) is 0 Å². The SMILES string of the molecule is COc1ccc(-c2noc(COC(=O)c3cccc(S(=O)(=O)NCc4ccco4)c3)n2)c(OC)c1. The number of hydrogen-bond acceptors (Lipinski definition) is 10. The average molecular weight is 500 g/mol. The van der Waals surface area contributed by atoms with E-state index in [-0.39, 0.29) is 35.3 Å². The number of rotatable bonds is 10. The number of methoxy groups -OCH3 is 2. The topological polar surface area (TPSA) is 143 Å². The van der Waals surface area contributed by atoms with Crippen molar-refractivity contribution in [2.75, 3.05) is 14.2 Å². The van der Waals surface area contributed by atoms with Crippen molar-refractivity contribution in [2.45, 2.75) is 18.0 Å². The van der Waals surface area contributed by atoms with E-state index >= 15 is 0 Å². The summed E-state index contributed by atoms with van der Waals surface area (Å²) in [5.41, 5.74) is 0.608. The van der Waals surface area contributed by atoms with Gasteiger partial charge in [-0.15, -0.1) is 0 Å². The van der Waals surface area contributed by atoms with Gasteiger partial charge in [-0.25, -0.2) is 17.9 Å². The van der Waals surface area contributed by atoms with Crippen LogP contribution in [0.4, 0.5) is 0 Å². The third kappa shape index (κ3) is 5.67. The van der Waals surface area contributed by atoms with Crippen LogP contribution in [0.25, 0.3) is 11.4 Å². The summed E-state index contributed by atoms with van der Waals surface area (Å²) >= 11 is 0. The van der Waals surface area contributed by atoms with Gasteiger partial charge in [-0.3, -0.25) is 0 Å². The summed E-state index contributed by atoms with van der Waals surface area (Å²) in [5, 5.41) is 3.90. The van der Waals surface area contributed by atoms with E-state index in [0.29, 0.717) is 22.8 Å². The van der Waals surface area contributed by atoms with Gasteiger partial charge < -0.3 is 23.2 Å². The van der Waals surface area contributed by atoms with E-state index in [2.05, 4.69) is 14.9 Å². The average Bonchev–Trinajstić information content (AvgIpc) is 3.58. The first-order chi connectivity index (χ1) is 16.9. The molecule has 182 valence electrons. The smallest absolute Gasteiger partial charge is 0.338 e. The molecule has 0 bridgehead atoms. The first-order valence-electron chi connectivity index (χ1n) is 10.2. The van der Waals surface area contributed by atoms with E-state index in [1.165, 1.54) is 44.7 Å². The quantitative estimate of drug-likeness (QED) is 0.323. The zero-order valence-electron chi connectivity index (χ0n) is 18.8. The molecule has 0 amide bonds. The molecule has 4 rings (SSSR count). The molecular weight excluding hydrogens is 478 g/mol. The summed E-state index contributed by atoms with van der Waals surface area (Å²) in [7, 11) is -0.837. The number of nitrogens with one attached hydrogen (secondary N) is 1. The summed E-state index contributed by atoms with van der Waals surface area (Å²) < 4.78 is 53.5. The molecule has 2 aromatic carbocycles. The Labute approximate surface area is 200 Å². The van der Waals surface area contributed by atoms with E-state index in [4.69, 9.17) is 23.2 Å². The lowest BCUT2D eigenvalue weighted by molar-refractivity contribution is 0.0429. The van der Waals surface area contributed by atoms with Crippen LogP contribution in [0.1, 0.15) is 22.0 Å². The van der Waals surface area contributed by atoms with Gasteiger partial charge >= 0.3 is 5.97 Å². The third-order valence-electron chi connectivity index (χ3n) is 4.84. The molecule has 1 N–H and O–H groups in total. The second-order valence-corrected chi connectivity index (χ2v) is 8.85. The molecular formula is C23H21N3O8S. The number of ether oxygens (including phenoxy) is 3. The van der Waals surface area contributed by atoms with Crippen LogP contribution in [0.3, 0.4) is 0 Å². The minimum absolute atomic E-state index is 0.0253. The molecule has 0 aliphatic heterocycles. The minimum atomic E-state index is -3.88. The van der Waals surface area contributed by atoms with E-state index < -0.39 is 16.0 Å². The first-order valence-corrected chi connectivity index (χ1v) is 11.7. The number of carbonyl (C=O) groups is 1. The molecule has 12 heteroatoms. The molecule has 2 heterocycles. The van der Waals surface area contributed by atoms with Gasteiger partial charge in [0.1, 0.15) is 17.3 Å². The third-order valence-corrected chi connectivity index (χ3v) is 6.24. The van der Waals surface area contributed by atoms with E-state index in [1.54, 1.807) is 30.3 Å². The van der Waals surface area contributed by atoms with Crippen molar-refractivity contribution >= 4 is 16.0 Å². The van der Waals surface area contributed by atoms with Crippen LogP contribution in [0.5, 0.6) is 11.5 Å². The number of hydrogen-bond donors (Lipinski definition) is 1. The lowest BCUT2D eigenvalue weighted by Crippen LogP contribution is -2.23. The van der Waals surface area contributed by atoms with Crippen molar-refractivity contribution in [3.63, 3.8) is 0 Å². The zero-order valence-corrected chi connectivity index (χ0v) is 19.6. The molecule has 0 unspecified atom stereocenters. The van der Waals surface area contributed by atoms with Crippen LogP contribution in [0, 0.1) is 0 Å². The largest absolute Gasteiger partial charge is 0.497 e. The second kappa shape index (κ2) is 10.4. The maximum atomic E-state index is 12.6. The first kappa shape index (κ1) is 24.0. The molecule has 0 atom stereocenters. The maximum absolute atomic E-state index is 12.6. The second-order valence-electron chi connectivity index (χ2n) is 7.09. The van der Waals surface area contributed by atoms with Crippen molar-refractivity contribution in [2.24, 2.45) is 0 Å². The van der Waals surface area contributed by atoms with Crippen LogP contribution < -0.4 is 14.2 Å². The Kier molecular flexibility index (Phi) is 7.13. The number of nitrogens with zero attached hydrogens (tertiary/aromatic N) is 2. The molecule has 2 aromatic heterocycles. The number of aromatic nitrogens is 2. The fourth-order valence-corrected chi connectivity index (χ4v) is 4.11. The number of furan rings is 1. The molecule has 11 nitrogen and oxygen atoms in total. The zero-order chi connectivity index (χ0) is 24.8. The Morgan fingerprint density at radius 3 is 2.66 bits per heavy atom. The monoisotopic (exact) mass is 499 g/mol. The Bertz CT molecular complexity index is 1410. The standard InChI is InChI=1S/C23H21N3O8S/c1-30-16-8-9-19(20(12-16)31-2)22-25-21(34-26-22)14-33-23(27)15-5-3-7-18(11-15)35(28,29)24-13-17-6-4-10-32-17/h3-12,24H,13-14H2,1-2H3. The lowest BCUT2D eigenvalue weighted by atomic mass is 10.2. The highest BCUT2D eigenvalue weighted by Crippen LogP contribution is 2.31. The molecule has 0 fully saturated rings. The predicted octanol–water partition coefficient (Wildman–Crippen LogP) is 3.18. The summed E-state index contributed by atoms with van der Waals surface area (Å²) in [6, 6.07) is 13.9. The van der Waals surface area contributed by atoms with E-state index in [1.807, 2.05) is 0 Å². The molecule has 35 heavy (non-hydrogen) atoms. The van der Waals surface area contributed by atoms with Gasteiger partial charge in [0.2, 0.25) is 15.8 Å². The number of carbonyl (C=O) groups excluding carboxylic acids is 1. The predicted molar refractivity (Wildman–Crippen MR) is 121 cm³/mol. The van der Waals surface area contributed by atoms with Gasteiger partial charge in [-0.2, -0.15) is 4.98 Å². The van der Waals surface area contributed by atoms with Gasteiger partial charge in [-0.1, -0.05) is 11.2 Å². The van der Waals surface area contributed by atoms with Crippen molar-refractivity contribution in [1.29, 1.82) is 0 Å². The van der Waals surface area contributed by atoms with E-state index in [9.17, 15) is 13.2 Å². The van der Waals surface area contributed by atoms with Crippen LogP contribution in [-0.4, -0.2) is 38.7 Å². The Hall–Kier alpha value is -4.16. The summed E-state index contributed by atoms with van der Waals surface area (Å²) in [5.74, 6) is 1.07. The molecule has 0 spiro atoms. The summed E-state index contributed by atoms with van der Waals surface area (Å²) in [6.45, 7) is -0.333. The number of benzene rings is 2. The molecule has 0 saturated carbocycles. The van der Waals surface area contributed by atoms with Gasteiger partial charge in [0.15, 0.2) is 6.61 Å².